The van der Waals surface area contributed by atoms with Gasteiger partial charge in [-0.05, 0) is 68.8 Å². The third kappa shape index (κ3) is 7.04. The number of amides is 2. The molecule has 2 saturated heterocycles. The molecule has 37 heavy (non-hydrogen) atoms. The second-order valence-corrected chi connectivity index (χ2v) is 10.7. The van der Waals surface area contributed by atoms with Crippen molar-refractivity contribution < 1.29 is 9.59 Å². The fourth-order valence-corrected chi connectivity index (χ4v) is 6.22. The Bertz CT molecular complexity index is 993. The molecule has 1 unspecified atom stereocenters. The molecule has 2 aliphatic heterocycles. The van der Waals surface area contributed by atoms with Gasteiger partial charge in [0.05, 0.1) is 11.5 Å². The van der Waals surface area contributed by atoms with Gasteiger partial charge in [0.15, 0.2) is 0 Å². The normalized spacial score (nSPS) is 20.3. The fraction of sp³-hybridized carbons (Fsp3) is 0.552. The van der Waals surface area contributed by atoms with E-state index in [9.17, 15) is 9.59 Å². The van der Waals surface area contributed by atoms with Crippen LogP contribution < -0.4 is 5.32 Å². The molecule has 1 aromatic heterocycles. The topological polar surface area (TPSA) is 65.5 Å². The monoisotopic (exact) mass is 546 g/mol. The standard InChI is InChI=1S/C29H38N4O2.2ClH/c34-27(25-10-4-5-11-25)31-26(24-8-2-1-3-9-24)12-17-32-18-13-29(14-19-32)15-20-33(28(29)35)22-23-7-6-16-30-21-23;;/h1-3,6-9,16,21,25-26H,4-5,10-15,17-20,22H2,(H,31,34);2*1H. The fourth-order valence-electron chi connectivity index (χ4n) is 6.22. The third-order valence-electron chi connectivity index (χ3n) is 8.49. The number of hydrogen-bond donors (Lipinski definition) is 1. The lowest BCUT2D eigenvalue weighted by molar-refractivity contribution is -0.139. The second kappa shape index (κ2) is 13.6. The van der Waals surface area contributed by atoms with E-state index in [4.69, 9.17) is 0 Å². The van der Waals surface area contributed by atoms with Gasteiger partial charge in [-0.25, -0.2) is 0 Å². The summed E-state index contributed by atoms with van der Waals surface area (Å²) in [6.45, 7) is 4.35. The number of likely N-dealkylation sites (tertiary alicyclic amines) is 2. The smallest absolute Gasteiger partial charge is 0.229 e. The first-order valence-electron chi connectivity index (χ1n) is 13.4. The molecule has 1 N–H and O–H groups in total. The van der Waals surface area contributed by atoms with Gasteiger partial charge >= 0.3 is 0 Å². The van der Waals surface area contributed by atoms with Crippen LogP contribution in [0.25, 0.3) is 0 Å². The van der Waals surface area contributed by atoms with Crippen LogP contribution in [0.5, 0.6) is 0 Å². The zero-order valence-corrected chi connectivity index (χ0v) is 23.2. The number of carbonyl (C=O) groups is 2. The van der Waals surface area contributed by atoms with Crippen molar-refractivity contribution in [2.24, 2.45) is 11.3 Å². The van der Waals surface area contributed by atoms with Crippen LogP contribution in [0.2, 0.25) is 0 Å². The number of aromatic nitrogens is 1. The number of carbonyl (C=O) groups excluding carboxylic acids is 2. The molecule has 8 heteroatoms. The number of rotatable bonds is 8. The largest absolute Gasteiger partial charge is 0.349 e. The third-order valence-corrected chi connectivity index (χ3v) is 8.49. The molecule has 0 bridgehead atoms. The predicted molar refractivity (Wildman–Crippen MR) is 151 cm³/mol. The Hall–Kier alpha value is -2.15. The van der Waals surface area contributed by atoms with Crippen LogP contribution in [-0.2, 0) is 16.1 Å². The molecule has 0 radical (unpaired) electrons. The van der Waals surface area contributed by atoms with Gasteiger partial charge in [-0.2, -0.15) is 0 Å². The van der Waals surface area contributed by atoms with E-state index in [1.165, 1.54) is 18.4 Å². The Kier molecular flexibility index (Phi) is 10.8. The molecular weight excluding hydrogens is 507 g/mol. The minimum Gasteiger partial charge on any atom is -0.349 e. The molecule has 1 atom stereocenters. The first-order chi connectivity index (χ1) is 17.1. The Balaban J connectivity index is 0.00000190. The quantitative estimate of drug-likeness (QED) is 0.495. The maximum absolute atomic E-state index is 13.3. The molecule has 3 heterocycles. The highest BCUT2D eigenvalue weighted by molar-refractivity contribution is 5.86. The van der Waals surface area contributed by atoms with Crippen molar-refractivity contribution in [3.8, 4) is 0 Å². The summed E-state index contributed by atoms with van der Waals surface area (Å²) in [7, 11) is 0. The number of pyridine rings is 1. The first kappa shape index (κ1) is 29.4. The number of halogens is 2. The zero-order valence-electron chi connectivity index (χ0n) is 21.5. The number of nitrogens with zero attached hydrogens (tertiary/aromatic N) is 3. The Morgan fingerprint density at radius 3 is 2.38 bits per heavy atom. The average molecular weight is 548 g/mol. The predicted octanol–water partition coefficient (Wildman–Crippen LogP) is 5.18. The molecule has 3 aliphatic rings. The van der Waals surface area contributed by atoms with E-state index >= 15 is 0 Å². The highest BCUT2D eigenvalue weighted by atomic mass is 35.5. The summed E-state index contributed by atoms with van der Waals surface area (Å²) in [6.07, 6.45) is 11.7. The second-order valence-electron chi connectivity index (χ2n) is 10.7. The van der Waals surface area contributed by atoms with Gasteiger partial charge in [0.25, 0.3) is 0 Å². The molecular formula is C29H40Cl2N4O2. The van der Waals surface area contributed by atoms with E-state index in [0.29, 0.717) is 12.5 Å². The average Bonchev–Trinajstić information content (AvgIpc) is 3.54. The molecule has 1 saturated carbocycles. The molecule has 1 aromatic carbocycles. The number of piperidine rings is 1. The van der Waals surface area contributed by atoms with E-state index in [-0.39, 0.29) is 48.1 Å². The van der Waals surface area contributed by atoms with Gasteiger partial charge in [-0.1, -0.05) is 49.2 Å². The van der Waals surface area contributed by atoms with Gasteiger partial charge in [0.2, 0.25) is 11.8 Å². The van der Waals surface area contributed by atoms with Crippen LogP contribution in [0, 0.1) is 11.3 Å². The van der Waals surface area contributed by atoms with E-state index in [0.717, 1.165) is 70.3 Å². The van der Waals surface area contributed by atoms with E-state index < -0.39 is 0 Å². The summed E-state index contributed by atoms with van der Waals surface area (Å²) in [5.41, 5.74) is 2.10. The lowest BCUT2D eigenvalue weighted by Crippen LogP contribution is -2.45. The lowest BCUT2D eigenvalue weighted by Gasteiger charge is -2.38. The maximum Gasteiger partial charge on any atom is 0.229 e. The van der Waals surface area contributed by atoms with E-state index in [1.54, 1.807) is 6.20 Å². The first-order valence-corrected chi connectivity index (χ1v) is 13.4. The summed E-state index contributed by atoms with van der Waals surface area (Å²) < 4.78 is 0. The van der Waals surface area contributed by atoms with Crippen LogP contribution in [0.3, 0.4) is 0 Å². The van der Waals surface area contributed by atoms with Crippen molar-refractivity contribution >= 4 is 36.6 Å². The van der Waals surface area contributed by atoms with Crippen LogP contribution in [-0.4, -0.2) is 52.8 Å². The Morgan fingerprint density at radius 2 is 1.70 bits per heavy atom. The number of hydrogen-bond acceptors (Lipinski definition) is 4. The Labute approximate surface area is 233 Å². The van der Waals surface area contributed by atoms with Crippen molar-refractivity contribution in [2.75, 3.05) is 26.2 Å². The summed E-state index contributed by atoms with van der Waals surface area (Å²) in [4.78, 5) is 34.9. The number of benzene rings is 1. The van der Waals surface area contributed by atoms with Crippen molar-refractivity contribution in [1.29, 1.82) is 0 Å². The SMILES string of the molecule is Cl.Cl.O=C(NC(CCN1CCC2(CC1)CCN(Cc1cccnc1)C2=O)c1ccccc1)C1CCCC1. The minimum absolute atomic E-state index is 0. The van der Waals surface area contributed by atoms with Crippen molar-refractivity contribution in [2.45, 2.75) is 64.0 Å². The summed E-state index contributed by atoms with van der Waals surface area (Å²) in [5, 5.41) is 3.37. The van der Waals surface area contributed by atoms with Gasteiger partial charge < -0.3 is 15.1 Å². The van der Waals surface area contributed by atoms with Crippen molar-refractivity contribution in [3.05, 3.63) is 66.0 Å². The van der Waals surface area contributed by atoms with Crippen molar-refractivity contribution in [3.63, 3.8) is 0 Å². The molecule has 1 spiro atoms. The van der Waals surface area contributed by atoms with Crippen LogP contribution >= 0.6 is 24.8 Å². The molecule has 5 rings (SSSR count). The highest BCUT2D eigenvalue weighted by Gasteiger charge is 2.47. The number of nitrogens with one attached hydrogen (secondary N) is 1. The maximum atomic E-state index is 13.3. The van der Waals surface area contributed by atoms with Gasteiger partial charge in [0.1, 0.15) is 0 Å². The molecule has 1 aliphatic carbocycles. The molecule has 202 valence electrons. The van der Waals surface area contributed by atoms with Crippen molar-refractivity contribution in [1.82, 2.24) is 20.1 Å². The Morgan fingerprint density at radius 1 is 1.00 bits per heavy atom. The lowest BCUT2D eigenvalue weighted by atomic mass is 9.77. The summed E-state index contributed by atoms with van der Waals surface area (Å²) in [5.74, 6) is 0.727. The van der Waals surface area contributed by atoms with Crippen LogP contribution in [0.4, 0.5) is 0 Å². The summed E-state index contributed by atoms with van der Waals surface area (Å²) >= 11 is 0. The van der Waals surface area contributed by atoms with Crippen LogP contribution in [0.15, 0.2) is 54.9 Å². The minimum atomic E-state index is -0.186. The van der Waals surface area contributed by atoms with Gasteiger partial charge in [-0.3, -0.25) is 14.6 Å². The zero-order chi connectivity index (χ0) is 24.1. The van der Waals surface area contributed by atoms with Gasteiger partial charge in [-0.15, -0.1) is 24.8 Å². The van der Waals surface area contributed by atoms with Crippen LogP contribution in [0.1, 0.15) is 68.5 Å². The van der Waals surface area contributed by atoms with E-state index in [1.807, 2.05) is 29.3 Å². The molecule has 2 amide bonds. The van der Waals surface area contributed by atoms with E-state index in [2.05, 4.69) is 39.5 Å². The highest BCUT2D eigenvalue weighted by Crippen LogP contribution is 2.42. The summed E-state index contributed by atoms with van der Waals surface area (Å²) in [6, 6.07) is 14.4. The molecule has 6 nitrogen and oxygen atoms in total. The van der Waals surface area contributed by atoms with Gasteiger partial charge in [0, 0.05) is 37.9 Å². The molecule has 3 fully saturated rings. The molecule has 2 aromatic rings.